The summed E-state index contributed by atoms with van der Waals surface area (Å²) in [7, 11) is 0. The molecular formula is C22H17N3O. The summed E-state index contributed by atoms with van der Waals surface area (Å²) in [5.74, 6) is 0. The molecular weight excluding hydrogens is 322 g/mol. The molecule has 1 heterocycles. The molecule has 0 saturated carbocycles. The van der Waals surface area contributed by atoms with E-state index in [0.29, 0.717) is 0 Å². The summed E-state index contributed by atoms with van der Waals surface area (Å²) < 4.78 is 1.36. The lowest BCUT2D eigenvalue weighted by atomic mass is 10.0. The highest BCUT2D eigenvalue weighted by atomic mass is 16.2. The molecule has 26 heavy (non-hydrogen) atoms. The maximum atomic E-state index is 12.6. The lowest BCUT2D eigenvalue weighted by Crippen LogP contribution is -2.19. The fourth-order valence-corrected chi connectivity index (χ4v) is 2.82. The van der Waals surface area contributed by atoms with Gasteiger partial charge in [-0.3, -0.25) is 0 Å². The molecule has 0 fully saturated rings. The van der Waals surface area contributed by atoms with E-state index in [-0.39, 0.29) is 6.03 Å². The summed E-state index contributed by atoms with van der Waals surface area (Å²) in [5, 5.41) is 7.42. The zero-order valence-corrected chi connectivity index (χ0v) is 14.0. The van der Waals surface area contributed by atoms with Crippen LogP contribution in [-0.2, 0) is 0 Å². The van der Waals surface area contributed by atoms with Crippen LogP contribution in [0.2, 0.25) is 0 Å². The first kappa shape index (κ1) is 15.8. The number of amides is 1. The fourth-order valence-electron chi connectivity index (χ4n) is 2.82. The van der Waals surface area contributed by atoms with E-state index in [1.165, 1.54) is 4.68 Å². The second-order valence-corrected chi connectivity index (χ2v) is 5.86. The number of para-hydroxylation sites is 1. The van der Waals surface area contributed by atoms with Gasteiger partial charge in [-0.1, -0.05) is 78.9 Å². The summed E-state index contributed by atoms with van der Waals surface area (Å²) >= 11 is 0. The normalized spacial score (nSPS) is 10.5. The molecule has 0 bridgehead atoms. The molecule has 1 aromatic heterocycles. The van der Waals surface area contributed by atoms with Gasteiger partial charge in [0.1, 0.15) is 5.69 Å². The first-order valence-corrected chi connectivity index (χ1v) is 8.38. The highest BCUT2D eigenvalue weighted by molar-refractivity contribution is 5.92. The summed E-state index contributed by atoms with van der Waals surface area (Å²) in [5.41, 5.74) is 4.42. The Morgan fingerprint density at radius 2 is 1.27 bits per heavy atom. The van der Waals surface area contributed by atoms with E-state index in [1.54, 1.807) is 6.20 Å². The molecule has 0 atom stereocenters. The molecule has 0 unspecified atom stereocenters. The molecule has 0 radical (unpaired) electrons. The first-order valence-electron chi connectivity index (χ1n) is 8.38. The van der Waals surface area contributed by atoms with Crippen LogP contribution < -0.4 is 5.32 Å². The van der Waals surface area contributed by atoms with Crippen molar-refractivity contribution in [2.45, 2.75) is 0 Å². The van der Waals surface area contributed by atoms with Crippen molar-refractivity contribution < 1.29 is 4.79 Å². The van der Waals surface area contributed by atoms with Crippen LogP contribution in [-0.4, -0.2) is 15.8 Å². The first-order chi connectivity index (χ1) is 12.8. The fraction of sp³-hybridized carbons (Fsp3) is 0. The predicted octanol–water partition coefficient (Wildman–Crippen LogP) is 5.30. The molecule has 4 nitrogen and oxygen atoms in total. The van der Waals surface area contributed by atoms with Crippen molar-refractivity contribution in [1.82, 2.24) is 9.78 Å². The number of nitrogens with zero attached hydrogens (tertiary/aromatic N) is 2. The van der Waals surface area contributed by atoms with Gasteiger partial charge in [-0.05, 0) is 17.7 Å². The van der Waals surface area contributed by atoms with Crippen LogP contribution in [0.3, 0.4) is 0 Å². The summed E-state index contributed by atoms with van der Waals surface area (Å²) in [6.07, 6.45) is 1.77. The van der Waals surface area contributed by atoms with Gasteiger partial charge in [0.05, 0.1) is 0 Å². The summed E-state index contributed by atoms with van der Waals surface area (Å²) in [6.45, 7) is 0. The number of hydrogen-bond acceptors (Lipinski definition) is 2. The van der Waals surface area contributed by atoms with Crippen LogP contribution in [0.5, 0.6) is 0 Å². The summed E-state index contributed by atoms with van der Waals surface area (Å²) in [4.78, 5) is 12.6. The quantitative estimate of drug-likeness (QED) is 0.551. The van der Waals surface area contributed by atoms with Crippen molar-refractivity contribution in [2.24, 2.45) is 0 Å². The van der Waals surface area contributed by atoms with Gasteiger partial charge in [0.15, 0.2) is 0 Å². The third kappa shape index (κ3) is 3.26. The molecule has 3 aromatic carbocycles. The standard InChI is InChI=1S/C22H17N3O/c26-22(23-19-14-8-3-9-15-19)25-16-20(17-10-4-1-5-11-17)21(24-25)18-12-6-2-7-13-18/h1-16H,(H,23,26). The van der Waals surface area contributed by atoms with Gasteiger partial charge in [0.25, 0.3) is 0 Å². The zero-order valence-electron chi connectivity index (χ0n) is 14.0. The van der Waals surface area contributed by atoms with Gasteiger partial charge < -0.3 is 5.32 Å². The lowest BCUT2D eigenvalue weighted by molar-refractivity contribution is 0.251. The number of hydrogen-bond donors (Lipinski definition) is 1. The van der Waals surface area contributed by atoms with E-state index in [0.717, 1.165) is 28.1 Å². The minimum absolute atomic E-state index is 0.296. The van der Waals surface area contributed by atoms with E-state index < -0.39 is 0 Å². The van der Waals surface area contributed by atoms with Crippen molar-refractivity contribution in [3.8, 4) is 22.4 Å². The average Bonchev–Trinajstić information content (AvgIpc) is 3.16. The van der Waals surface area contributed by atoms with Gasteiger partial charge in [0, 0.05) is 23.0 Å². The molecule has 0 spiro atoms. The SMILES string of the molecule is O=C(Nc1ccccc1)n1cc(-c2ccccc2)c(-c2ccccc2)n1. The van der Waals surface area contributed by atoms with Crippen LogP contribution >= 0.6 is 0 Å². The molecule has 4 rings (SSSR count). The Balaban J connectivity index is 1.75. The lowest BCUT2D eigenvalue weighted by Gasteiger charge is -2.03. The molecule has 0 saturated heterocycles. The van der Waals surface area contributed by atoms with Crippen molar-refractivity contribution in [3.63, 3.8) is 0 Å². The molecule has 126 valence electrons. The maximum absolute atomic E-state index is 12.6. The molecule has 4 heteroatoms. The molecule has 1 amide bonds. The number of nitrogens with one attached hydrogen (secondary N) is 1. The van der Waals surface area contributed by atoms with Gasteiger partial charge in [-0.15, -0.1) is 0 Å². The van der Waals surface area contributed by atoms with Crippen molar-refractivity contribution >= 4 is 11.7 Å². The number of rotatable bonds is 3. The van der Waals surface area contributed by atoms with E-state index >= 15 is 0 Å². The number of anilines is 1. The van der Waals surface area contributed by atoms with Gasteiger partial charge in [-0.25, -0.2) is 4.79 Å². The number of benzene rings is 3. The minimum Gasteiger partial charge on any atom is -0.306 e. The zero-order chi connectivity index (χ0) is 17.8. The molecule has 0 aliphatic heterocycles. The van der Waals surface area contributed by atoms with Gasteiger partial charge in [0.2, 0.25) is 0 Å². The Morgan fingerprint density at radius 1 is 0.731 bits per heavy atom. The van der Waals surface area contributed by atoms with Crippen LogP contribution in [0.25, 0.3) is 22.4 Å². The largest absolute Gasteiger partial charge is 0.346 e. The number of aromatic nitrogens is 2. The second-order valence-electron chi connectivity index (χ2n) is 5.86. The Morgan fingerprint density at radius 3 is 1.88 bits per heavy atom. The Bertz CT molecular complexity index is 952. The van der Waals surface area contributed by atoms with Crippen molar-refractivity contribution in [3.05, 3.63) is 97.2 Å². The van der Waals surface area contributed by atoms with Crippen LogP contribution in [0, 0.1) is 0 Å². The second kappa shape index (κ2) is 7.07. The van der Waals surface area contributed by atoms with E-state index in [1.807, 2.05) is 91.0 Å². The maximum Gasteiger partial charge on any atom is 0.346 e. The number of carbonyl (C=O) groups is 1. The topological polar surface area (TPSA) is 46.9 Å². The molecule has 0 aliphatic carbocycles. The molecule has 4 aromatic rings. The Kier molecular flexibility index (Phi) is 4.31. The van der Waals surface area contributed by atoms with Crippen molar-refractivity contribution in [2.75, 3.05) is 5.32 Å². The highest BCUT2D eigenvalue weighted by Crippen LogP contribution is 2.30. The van der Waals surface area contributed by atoms with Gasteiger partial charge in [-0.2, -0.15) is 9.78 Å². The molecule has 1 N–H and O–H groups in total. The van der Waals surface area contributed by atoms with Crippen LogP contribution in [0.1, 0.15) is 0 Å². The Hall–Kier alpha value is -3.66. The Labute approximate surface area is 151 Å². The minimum atomic E-state index is -0.296. The van der Waals surface area contributed by atoms with E-state index in [4.69, 9.17) is 0 Å². The van der Waals surface area contributed by atoms with Gasteiger partial charge >= 0.3 is 6.03 Å². The third-order valence-electron chi connectivity index (χ3n) is 4.08. The molecule has 0 aliphatic rings. The monoisotopic (exact) mass is 339 g/mol. The predicted molar refractivity (Wildman–Crippen MR) is 104 cm³/mol. The third-order valence-corrected chi connectivity index (χ3v) is 4.08. The average molecular weight is 339 g/mol. The summed E-state index contributed by atoms with van der Waals surface area (Å²) in [6, 6.07) is 28.9. The highest BCUT2D eigenvalue weighted by Gasteiger charge is 2.16. The smallest absolute Gasteiger partial charge is 0.306 e. The van der Waals surface area contributed by atoms with Crippen LogP contribution in [0.15, 0.2) is 97.2 Å². The van der Waals surface area contributed by atoms with Crippen molar-refractivity contribution in [1.29, 1.82) is 0 Å². The van der Waals surface area contributed by atoms with E-state index in [9.17, 15) is 4.79 Å². The number of carbonyl (C=O) groups excluding carboxylic acids is 1. The van der Waals surface area contributed by atoms with Crippen LogP contribution in [0.4, 0.5) is 10.5 Å². The van der Waals surface area contributed by atoms with E-state index in [2.05, 4.69) is 10.4 Å².